The average molecular weight is 214 g/mol. The molecule has 0 saturated heterocycles. The van der Waals surface area contributed by atoms with Gasteiger partial charge in [0.2, 0.25) is 0 Å². The lowest BCUT2D eigenvalue weighted by atomic mass is 9.91. The third-order valence-electron chi connectivity index (χ3n) is 3.33. The van der Waals surface area contributed by atoms with Crippen molar-refractivity contribution < 1.29 is 0 Å². The van der Waals surface area contributed by atoms with E-state index in [2.05, 4.69) is 36.2 Å². The highest BCUT2D eigenvalue weighted by molar-refractivity contribution is 5.51. The van der Waals surface area contributed by atoms with Crippen molar-refractivity contribution in [3.05, 3.63) is 29.3 Å². The molecule has 0 spiro atoms. The molecule has 1 aromatic rings. The molecular weight excluding hydrogens is 196 g/mol. The number of anilines is 1. The zero-order chi connectivity index (χ0) is 11.4. The SMILES string of the molecule is CN(CCC#N)c1ccc2c(c1)CCCC2. The smallest absolute Gasteiger partial charge is 0.0640 e. The topological polar surface area (TPSA) is 27.0 Å². The van der Waals surface area contributed by atoms with Gasteiger partial charge in [-0.3, -0.25) is 0 Å². The van der Waals surface area contributed by atoms with Gasteiger partial charge >= 0.3 is 0 Å². The molecule has 16 heavy (non-hydrogen) atoms. The van der Waals surface area contributed by atoms with E-state index < -0.39 is 0 Å². The van der Waals surface area contributed by atoms with Gasteiger partial charge in [-0.2, -0.15) is 5.26 Å². The summed E-state index contributed by atoms with van der Waals surface area (Å²) in [5, 5.41) is 8.58. The zero-order valence-electron chi connectivity index (χ0n) is 9.87. The largest absolute Gasteiger partial charge is 0.374 e. The Morgan fingerprint density at radius 3 is 2.75 bits per heavy atom. The lowest BCUT2D eigenvalue weighted by Gasteiger charge is -2.22. The number of rotatable bonds is 3. The van der Waals surface area contributed by atoms with Crippen LogP contribution in [0.2, 0.25) is 0 Å². The lowest BCUT2D eigenvalue weighted by Crippen LogP contribution is -2.18. The van der Waals surface area contributed by atoms with Gasteiger partial charge in [-0.05, 0) is 48.9 Å². The molecule has 0 amide bonds. The molecule has 1 aliphatic carbocycles. The second kappa shape index (κ2) is 5.03. The molecule has 2 nitrogen and oxygen atoms in total. The van der Waals surface area contributed by atoms with Crippen LogP contribution in [-0.4, -0.2) is 13.6 Å². The maximum atomic E-state index is 8.58. The van der Waals surface area contributed by atoms with Crippen LogP contribution in [0.4, 0.5) is 5.69 Å². The van der Waals surface area contributed by atoms with Crippen LogP contribution in [-0.2, 0) is 12.8 Å². The molecule has 0 radical (unpaired) electrons. The van der Waals surface area contributed by atoms with Crippen molar-refractivity contribution in [2.75, 3.05) is 18.5 Å². The van der Waals surface area contributed by atoms with Gasteiger partial charge in [0.15, 0.2) is 0 Å². The van der Waals surface area contributed by atoms with E-state index in [1.54, 1.807) is 0 Å². The third-order valence-corrected chi connectivity index (χ3v) is 3.33. The van der Waals surface area contributed by atoms with E-state index in [9.17, 15) is 0 Å². The van der Waals surface area contributed by atoms with Gasteiger partial charge in [0.05, 0.1) is 12.5 Å². The molecule has 1 aromatic carbocycles. The van der Waals surface area contributed by atoms with Crippen molar-refractivity contribution in [2.24, 2.45) is 0 Å². The molecule has 0 fully saturated rings. The Kier molecular flexibility index (Phi) is 3.46. The minimum atomic E-state index is 0.591. The molecule has 0 aliphatic heterocycles. The van der Waals surface area contributed by atoms with Gasteiger partial charge < -0.3 is 4.90 Å². The number of hydrogen-bond acceptors (Lipinski definition) is 2. The fourth-order valence-electron chi connectivity index (χ4n) is 2.30. The van der Waals surface area contributed by atoms with E-state index in [4.69, 9.17) is 5.26 Å². The summed E-state index contributed by atoms with van der Waals surface area (Å²) in [5.74, 6) is 0. The number of nitriles is 1. The standard InChI is InChI=1S/C14H18N2/c1-16(10-4-9-15)14-8-7-12-5-2-3-6-13(12)11-14/h7-8,11H,2-6,10H2,1H3. The molecule has 0 aromatic heterocycles. The number of benzene rings is 1. The Morgan fingerprint density at radius 2 is 2.00 bits per heavy atom. The van der Waals surface area contributed by atoms with Gasteiger partial charge in [0.1, 0.15) is 0 Å². The second-order valence-corrected chi connectivity index (χ2v) is 4.49. The number of aryl methyl sites for hydroxylation is 2. The van der Waals surface area contributed by atoms with Crippen LogP contribution in [0, 0.1) is 11.3 Å². The Balaban J connectivity index is 2.13. The summed E-state index contributed by atoms with van der Waals surface area (Å²) in [4.78, 5) is 2.16. The maximum absolute atomic E-state index is 8.58. The maximum Gasteiger partial charge on any atom is 0.0640 e. The summed E-state index contributed by atoms with van der Waals surface area (Å²) in [6.45, 7) is 0.815. The second-order valence-electron chi connectivity index (χ2n) is 4.49. The predicted octanol–water partition coefficient (Wildman–Crippen LogP) is 2.92. The van der Waals surface area contributed by atoms with Crippen molar-refractivity contribution in [1.29, 1.82) is 5.26 Å². The van der Waals surface area contributed by atoms with E-state index in [1.807, 2.05) is 0 Å². The average Bonchev–Trinajstić information content (AvgIpc) is 2.35. The molecule has 0 N–H and O–H groups in total. The summed E-state index contributed by atoms with van der Waals surface area (Å²) in [5.41, 5.74) is 4.27. The predicted molar refractivity (Wildman–Crippen MR) is 66.6 cm³/mol. The number of fused-ring (bicyclic) bond motifs is 1. The van der Waals surface area contributed by atoms with E-state index in [-0.39, 0.29) is 0 Å². The van der Waals surface area contributed by atoms with Crippen molar-refractivity contribution >= 4 is 5.69 Å². The first kappa shape index (κ1) is 11.0. The molecule has 84 valence electrons. The third kappa shape index (κ3) is 2.36. The minimum absolute atomic E-state index is 0.591. The Labute approximate surface area is 97.5 Å². The van der Waals surface area contributed by atoms with Crippen LogP contribution < -0.4 is 4.90 Å². The fraction of sp³-hybridized carbons (Fsp3) is 0.500. The molecule has 0 unspecified atom stereocenters. The highest BCUT2D eigenvalue weighted by Gasteiger charge is 2.10. The molecule has 1 aliphatic rings. The van der Waals surface area contributed by atoms with Crippen LogP contribution in [0.15, 0.2) is 18.2 Å². The number of hydrogen-bond donors (Lipinski definition) is 0. The van der Waals surface area contributed by atoms with Gasteiger partial charge in [0, 0.05) is 19.3 Å². The summed E-state index contributed by atoms with van der Waals surface area (Å²) in [6, 6.07) is 8.93. The lowest BCUT2D eigenvalue weighted by molar-refractivity contribution is 0.685. The van der Waals surface area contributed by atoms with Crippen molar-refractivity contribution in [1.82, 2.24) is 0 Å². The van der Waals surface area contributed by atoms with Gasteiger partial charge in [-0.25, -0.2) is 0 Å². The summed E-state index contributed by atoms with van der Waals surface area (Å²) in [6.07, 6.45) is 5.69. The first-order valence-electron chi connectivity index (χ1n) is 6.01. The van der Waals surface area contributed by atoms with E-state index in [0.717, 1.165) is 6.54 Å². The summed E-state index contributed by atoms with van der Waals surface area (Å²) < 4.78 is 0. The Bertz CT molecular complexity index is 404. The molecule has 0 atom stereocenters. The van der Waals surface area contributed by atoms with E-state index >= 15 is 0 Å². The first-order valence-corrected chi connectivity index (χ1v) is 6.01. The molecule has 0 saturated carbocycles. The molecule has 0 bridgehead atoms. The quantitative estimate of drug-likeness (QED) is 0.773. The summed E-state index contributed by atoms with van der Waals surface area (Å²) in [7, 11) is 2.06. The number of nitrogens with zero attached hydrogens (tertiary/aromatic N) is 2. The van der Waals surface area contributed by atoms with Crippen LogP contribution in [0.1, 0.15) is 30.4 Å². The van der Waals surface area contributed by atoms with Crippen LogP contribution >= 0.6 is 0 Å². The van der Waals surface area contributed by atoms with Crippen LogP contribution in [0.3, 0.4) is 0 Å². The highest BCUT2D eigenvalue weighted by Crippen LogP contribution is 2.25. The fourth-order valence-corrected chi connectivity index (χ4v) is 2.30. The molecular formula is C14H18N2. The van der Waals surface area contributed by atoms with Gasteiger partial charge in [0.25, 0.3) is 0 Å². The zero-order valence-corrected chi connectivity index (χ0v) is 9.87. The van der Waals surface area contributed by atoms with Crippen molar-refractivity contribution in [3.8, 4) is 6.07 Å². The minimum Gasteiger partial charge on any atom is -0.374 e. The van der Waals surface area contributed by atoms with Gasteiger partial charge in [-0.1, -0.05) is 6.07 Å². The Hall–Kier alpha value is -1.49. The van der Waals surface area contributed by atoms with Crippen molar-refractivity contribution in [3.63, 3.8) is 0 Å². The normalized spacial score (nSPS) is 14.0. The van der Waals surface area contributed by atoms with E-state index in [1.165, 1.54) is 42.5 Å². The highest BCUT2D eigenvalue weighted by atomic mass is 15.1. The van der Waals surface area contributed by atoms with Gasteiger partial charge in [-0.15, -0.1) is 0 Å². The van der Waals surface area contributed by atoms with Crippen LogP contribution in [0.25, 0.3) is 0 Å². The Morgan fingerprint density at radius 1 is 1.25 bits per heavy atom. The summed E-state index contributed by atoms with van der Waals surface area (Å²) >= 11 is 0. The monoisotopic (exact) mass is 214 g/mol. The van der Waals surface area contributed by atoms with E-state index in [0.29, 0.717) is 6.42 Å². The first-order chi connectivity index (χ1) is 7.81. The van der Waals surface area contributed by atoms with Crippen LogP contribution in [0.5, 0.6) is 0 Å². The molecule has 2 rings (SSSR count). The molecule has 2 heteroatoms. The van der Waals surface area contributed by atoms with Crippen molar-refractivity contribution in [2.45, 2.75) is 32.1 Å². The molecule has 0 heterocycles.